The van der Waals surface area contributed by atoms with E-state index in [1.165, 1.54) is 17.8 Å². The molecule has 0 aliphatic carbocycles. The van der Waals surface area contributed by atoms with Gasteiger partial charge < -0.3 is 0 Å². The first-order valence-electron chi connectivity index (χ1n) is 5.41. The van der Waals surface area contributed by atoms with Gasteiger partial charge in [-0.05, 0) is 28.1 Å². The lowest BCUT2D eigenvalue weighted by Gasteiger charge is -2.10. The van der Waals surface area contributed by atoms with Crippen LogP contribution in [0.3, 0.4) is 0 Å². The van der Waals surface area contributed by atoms with Crippen LogP contribution in [0.4, 0.5) is 5.95 Å². The van der Waals surface area contributed by atoms with Gasteiger partial charge in [0.15, 0.2) is 0 Å². The second kappa shape index (κ2) is 6.02. The summed E-state index contributed by atoms with van der Waals surface area (Å²) in [4.78, 5) is 30.3. The quantitative estimate of drug-likeness (QED) is 0.812. The fourth-order valence-electron chi connectivity index (χ4n) is 1.41. The third-order valence-corrected chi connectivity index (χ3v) is 3.18. The molecule has 2 aromatic rings. The predicted molar refractivity (Wildman–Crippen MR) is 77.8 cm³/mol. The fraction of sp³-hybridized carbons (Fsp3) is 0.0909. The number of carbonyl (C=O) groups is 1. The van der Waals surface area contributed by atoms with Crippen molar-refractivity contribution in [2.24, 2.45) is 0 Å². The van der Waals surface area contributed by atoms with Crippen LogP contribution in [0, 0.1) is 0 Å². The minimum absolute atomic E-state index is 0.00961. The van der Waals surface area contributed by atoms with E-state index in [0.717, 1.165) is 0 Å². The van der Waals surface area contributed by atoms with Crippen LogP contribution in [0.2, 0.25) is 5.02 Å². The van der Waals surface area contributed by atoms with Crippen molar-refractivity contribution >= 4 is 39.4 Å². The molecule has 2 N–H and O–H groups in total. The number of aromatic nitrogens is 3. The molecule has 0 fully saturated rings. The topological polar surface area (TPSA) is 88.9 Å². The van der Waals surface area contributed by atoms with E-state index in [2.05, 4.69) is 36.7 Å². The molecule has 0 atom stereocenters. The van der Waals surface area contributed by atoms with Gasteiger partial charge in [-0.2, -0.15) is 4.98 Å². The first-order chi connectivity index (χ1) is 9.49. The molecule has 0 radical (unpaired) electrons. The van der Waals surface area contributed by atoms with Gasteiger partial charge in [0, 0.05) is 11.4 Å². The maximum Gasteiger partial charge on any atom is 0.356 e. The Morgan fingerprint density at radius 2 is 2.20 bits per heavy atom. The lowest BCUT2D eigenvalue weighted by Crippen LogP contribution is -2.31. The Balaban J connectivity index is 2.40. The summed E-state index contributed by atoms with van der Waals surface area (Å²) in [5, 5.41) is 0.382. The number of hydrogen-bond acceptors (Lipinski definition) is 5. The molecule has 1 amide bonds. The third-order valence-electron chi connectivity index (χ3n) is 2.23. The van der Waals surface area contributed by atoms with Gasteiger partial charge in [-0.3, -0.25) is 15.6 Å². The summed E-state index contributed by atoms with van der Waals surface area (Å²) >= 11 is 9.37. The van der Waals surface area contributed by atoms with E-state index in [9.17, 15) is 9.59 Å². The Bertz CT molecular complexity index is 698. The van der Waals surface area contributed by atoms with Gasteiger partial charge in [0.25, 0.3) is 0 Å². The fourth-order valence-corrected chi connectivity index (χ4v) is 2.35. The number of carbonyl (C=O) groups excluding carboxylic acids is 1. The molecule has 0 unspecified atom stereocenters. The van der Waals surface area contributed by atoms with Crippen molar-refractivity contribution in [1.82, 2.24) is 20.0 Å². The van der Waals surface area contributed by atoms with Crippen LogP contribution >= 0.6 is 27.5 Å². The van der Waals surface area contributed by atoms with Crippen LogP contribution in [0.15, 0.2) is 33.8 Å². The number of rotatable bonds is 3. The molecular formula is C11H9BrClN5O2. The highest BCUT2D eigenvalue weighted by Crippen LogP contribution is 2.27. The lowest BCUT2D eigenvalue weighted by atomic mass is 10.3. The maximum atomic E-state index is 12.0. The molecule has 20 heavy (non-hydrogen) atoms. The lowest BCUT2D eigenvalue weighted by molar-refractivity contribution is -0.118. The molecule has 1 aromatic heterocycles. The Hall–Kier alpha value is -1.93. The number of benzene rings is 1. The molecule has 0 saturated carbocycles. The summed E-state index contributed by atoms with van der Waals surface area (Å²) < 4.78 is 1.84. The zero-order chi connectivity index (χ0) is 14.7. The highest BCUT2D eigenvalue weighted by atomic mass is 79.9. The largest absolute Gasteiger partial charge is 0.356 e. The molecule has 0 bridgehead atoms. The molecular weight excluding hydrogens is 350 g/mol. The van der Waals surface area contributed by atoms with Crippen LogP contribution < -0.4 is 16.5 Å². The summed E-state index contributed by atoms with van der Waals surface area (Å²) in [5.74, 6) is -0.337. The zero-order valence-corrected chi connectivity index (χ0v) is 12.6. The van der Waals surface area contributed by atoms with Gasteiger partial charge in [-0.25, -0.2) is 14.3 Å². The molecule has 1 aromatic carbocycles. The third kappa shape index (κ3) is 3.14. The van der Waals surface area contributed by atoms with Crippen molar-refractivity contribution in [1.29, 1.82) is 0 Å². The van der Waals surface area contributed by atoms with Crippen molar-refractivity contribution in [3.63, 3.8) is 0 Å². The van der Waals surface area contributed by atoms with E-state index < -0.39 is 5.69 Å². The number of hydrogen-bond donors (Lipinski definition) is 2. The first kappa shape index (κ1) is 14.5. The maximum absolute atomic E-state index is 12.0. The molecule has 9 heteroatoms. The van der Waals surface area contributed by atoms with E-state index >= 15 is 0 Å². The Morgan fingerprint density at radius 1 is 1.45 bits per heavy atom. The molecule has 7 nitrogen and oxygen atoms in total. The summed E-state index contributed by atoms with van der Waals surface area (Å²) in [6, 6.07) is 5.14. The number of nitrogens with zero attached hydrogens (tertiary/aromatic N) is 3. The minimum atomic E-state index is -0.582. The Morgan fingerprint density at radius 3 is 2.80 bits per heavy atom. The molecule has 1 heterocycles. The van der Waals surface area contributed by atoms with Crippen molar-refractivity contribution in [3.05, 3.63) is 44.5 Å². The average molecular weight is 359 g/mol. The van der Waals surface area contributed by atoms with Crippen molar-refractivity contribution in [2.75, 3.05) is 5.43 Å². The van der Waals surface area contributed by atoms with Gasteiger partial charge >= 0.3 is 5.69 Å². The van der Waals surface area contributed by atoms with E-state index in [0.29, 0.717) is 15.2 Å². The summed E-state index contributed by atoms with van der Waals surface area (Å²) in [7, 11) is 0. The van der Waals surface area contributed by atoms with Crippen LogP contribution in [0.5, 0.6) is 0 Å². The van der Waals surface area contributed by atoms with E-state index in [1.807, 2.05) is 0 Å². The van der Waals surface area contributed by atoms with Gasteiger partial charge in [-0.1, -0.05) is 17.7 Å². The number of hydrazine groups is 1. The number of anilines is 1. The van der Waals surface area contributed by atoms with Gasteiger partial charge in [-0.15, -0.1) is 0 Å². The number of amides is 1. The molecule has 104 valence electrons. The average Bonchev–Trinajstić information content (AvgIpc) is 2.38. The summed E-state index contributed by atoms with van der Waals surface area (Å²) in [5.41, 5.74) is 4.55. The second-order valence-corrected chi connectivity index (χ2v) is 4.97. The molecule has 0 saturated heterocycles. The number of para-hydroxylation sites is 1. The highest BCUT2D eigenvalue weighted by Gasteiger charge is 2.11. The number of halogens is 2. The van der Waals surface area contributed by atoms with Crippen LogP contribution in [-0.4, -0.2) is 20.4 Å². The van der Waals surface area contributed by atoms with Crippen molar-refractivity contribution in [2.45, 2.75) is 6.92 Å². The monoisotopic (exact) mass is 357 g/mol. The second-order valence-electron chi connectivity index (χ2n) is 3.71. The van der Waals surface area contributed by atoms with Gasteiger partial charge in [0.1, 0.15) is 6.33 Å². The van der Waals surface area contributed by atoms with Gasteiger partial charge in [0.05, 0.1) is 10.7 Å². The van der Waals surface area contributed by atoms with Crippen molar-refractivity contribution < 1.29 is 4.79 Å². The first-order valence-corrected chi connectivity index (χ1v) is 6.59. The smallest absolute Gasteiger partial charge is 0.274 e. The molecule has 0 aliphatic rings. The minimum Gasteiger partial charge on any atom is -0.274 e. The predicted octanol–water partition coefficient (Wildman–Crippen LogP) is 1.51. The normalized spacial score (nSPS) is 10.2. The summed E-state index contributed by atoms with van der Waals surface area (Å²) in [6.45, 7) is 1.31. The standard InChI is InChI=1S/C11H9BrClN5O2/c1-6(19)16-17-10-14-5-18(11(20)15-10)9-7(12)3-2-4-8(9)13/h2-5H,1H3,(H,16,19)(H,15,17,20). The molecule has 0 spiro atoms. The van der Waals surface area contributed by atoms with Crippen LogP contribution in [0.1, 0.15) is 6.92 Å². The Labute approximate surface area is 127 Å². The van der Waals surface area contributed by atoms with E-state index in [-0.39, 0.29) is 11.9 Å². The van der Waals surface area contributed by atoms with E-state index in [4.69, 9.17) is 11.6 Å². The molecule has 0 aliphatic heterocycles. The zero-order valence-electron chi connectivity index (χ0n) is 10.2. The van der Waals surface area contributed by atoms with Gasteiger partial charge in [0.2, 0.25) is 11.9 Å². The Kier molecular flexibility index (Phi) is 4.35. The molecule has 2 rings (SSSR count). The SMILES string of the molecule is CC(=O)NNc1ncn(-c2c(Cl)cccc2Br)c(=O)n1. The van der Waals surface area contributed by atoms with Crippen LogP contribution in [-0.2, 0) is 4.79 Å². The number of nitrogens with one attached hydrogen (secondary N) is 2. The van der Waals surface area contributed by atoms with E-state index in [1.54, 1.807) is 18.2 Å². The highest BCUT2D eigenvalue weighted by molar-refractivity contribution is 9.10. The van der Waals surface area contributed by atoms with Crippen molar-refractivity contribution in [3.8, 4) is 5.69 Å². The summed E-state index contributed by atoms with van der Waals surface area (Å²) in [6.07, 6.45) is 1.27. The van der Waals surface area contributed by atoms with Crippen LogP contribution in [0.25, 0.3) is 5.69 Å².